The molecule has 0 N–H and O–H groups in total. The number of aromatic nitrogens is 5. The molecule has 2 aromatic heterocycles. The van der Waals surface area contributed by atoms with E-state index in [0.29, 0.717) is 12.5 Å². The maximum atomic E-state index is 5.79. The molecule has 0 unspecified atom stereocenters. The molecule has 0 aromatic carbocycles. The Morgan fingerprint density at radius 1 is 1.39 bits per heavy atom. The molecule has 7 nitrogen and oxygen atoms in total. The number of anilines is 1. The second-order valence-electron chi connectivity index (χ2n) is 3.77. The van der Waals surface area contributed by atoms with Gasteiger partial charge in [0, 0.05) is 32.4 Å². The number of hydrogen-bond acceptors (Lipinski definition) is 6. The van der Waals surface area contributed by atoms with Gasteiger partial charge in [-0.1, -0.05) is 0 Å². The lowest BCUT2D eigenvalue weighted by molar-refractivity contribution is 0.378. The molecule has 96 valence electrons. The average molecular weight is 269 g/mol. The van der Waals surface area contributed by atoms with Crippen LogP contribution in [0.15, 0.2) is 12.4 Å². The van der Waals surface area contributed by atoms with Crippen LogP contribution >= 0.6 is 11.6 Å². The second-order valence-corrected chi connectivity index (χ2v) is 4.11. The molecule has 0 bridgehead atoms. The third kappa shape index (κ3) is 2.86. The smallest absolute Gasteiger partial charge is 0.322 e. The molecule has 0 aliphatic rings. The fraction of sp³-hybridized carbons (Fsp3) is 0.400. The van der Waals surface area contributed by atoms with E-state index >= 15 is 0 Å². The second kappa shape index (κ2) is 5.18. The van der Waals surface area contributed by atoms with Crippen LogP contribution in [0, 0.1) is 0 Å². The van der Waals surface area contributed by atoms with Crippen molar-refractivity contribution >= 4 is 17.5 Å². The summed E-state index contributed by atoms with van der Waals surface area (Å²) >= 11 is 5.79. The largest absolute Gasteiger partial charge is 0.467 e. The highest BCUT2D eigenvalue weighted by Crippen LogP contribution is 2.15. The fourth-order valence-electron chi connectivity index (χ4n) is 1.48. The molecule has 2 rings (SSSR count). The molecular formula is C10H13ClN6O. The van der Waals surface area contributed by atoms with Gasteiger partial charge in [-0.2, -0.15) is 20.1 Å². The van der Waals surface area contributed by atoms with Crippen LogP contribution in [-0.2, 0) is 13.6 Å². The van der Waals surface area contributed by atoms with E-state index in [1.165, 1.54) is 7.11 Å². The van der Waals surface area contributed by atoms with Gasteiger partial charge in [0.1, 0.15) is 0 Å². The monoisotopic (exact) mass is 268 g/mol. The molecule has 0 radical (unpaired) electrons. The average Bonchev–Trinajstić information content (AvgIpc) is 2.73. The van der Waals surface area contributed by atoms with Crippen LogP contribution in [0.4, 0.5) is 5.95 Å². The highest BCUT2D eigenvalue weighted by atomic mass is 35.5. The summed E-state index contributed by atoms with van der Waals surface area (Å²) in [4.78, 5) is 13.8. The maximum absolute atomic E-state index is 5.79. The Kier molecular flexibility index (Phi) is 3.61. The van der Waals surface area contributed by atoms with E-state index in [9.17, 15) is 0 Å². The lowest BCUT2D eigenvalue weighted by Gasteiger charge is -2.16. The standard InChI is InChI=1S/C10H13ClN6O/c1-16(5-7-4-12-17(2)6-7)9-13-8(11)14-10(15-9)18-3/h4,6H,5H2,1-3H3. The topological polar surface area (TPSA) is 69.0 Å². The summed E-state index contributed by atoms with van der Waals surface area (Å²) in [6.45, 7) is 0.622. The van der Waals surface area contributed by atoms with Crippen molar-refractivity contribution < 1.29 is 4.74 Å². The fourth-order valence-corrected chi connectivity index (χ4v) is 1.63. The van der Waals surface area contributed by atoms with Crippen molar-refractivity contribution in [1.29, 1.82) is 0 Å². The molecule has 2 heterocycles. The van der Waals surface area contributed by atoms with Crippen molar-refractivity contribution in [2.75, 3.05) is 19.1 Å². The predicted octanol–water partition coefficient (Wildman–Crippen LogP) is 0.903. The van der Waals surface area contributed by atoms with Crippen LogP contribution in [0.25, 0.3) is 0 Å². The molecule has 0 saturated carbocycles. The van der Waals surface area contributed by atoms with Crippen LogP contribution in [0.5, 0.6) is 6.01 Å². The highest BCUT2D eigenvalue weighted by Gasteiger charge is 2.10. The van der Waals surface area contributed by atoms with Gasteiger partial charge in [-0.05, 0) is 11.6 Å². The summed E-state index contributed by atoms with van der Waals surface area (Å²) in [5, 5.41) is 4.21. The van der Waals surface area contributed by atoms with Gasteiger partial charge in [0.05, 0.1) is 13.3 Å². The molecule has 0 spiro atoms. The molecule has 0 amide bonds. The Hall–Kier alpha value is -1.89. The molecule has 18 heavy (non-hydrogen) atoms. The van der Waals surface area contributed by atoms with E-state index in [0.717, 1.165) is 5.56 Å². The molecule has 8 heteroatoms. The third-order valence-corrected chi connectivity index (χ3v) is 2.45. The van der Waals surface area contributed by atoms with E-state index in [2.05, 4.69) is 20.1 Å². The molecule has 0 fully saturated rings. The van der Waals surface area contributed by atoms with Crippen LogP contribution in [0.3, 0.4) is 0 Å². The minimum absolute atomic E-state index is 0.106. The Labute approximate surface area is 109 Å². The summed E-state index contributed by atoms with van der Waals surface area (Å²) < 4.78 is 6.69. The zero-order chi connectivity index (χ0) is 13.1. The zero-order valence-electron chi connectivity index (χ0n) is 10.3. The molecule has 2 aromatic rings. The quantitative estimate of drug-likeness (QED) is 0.821. The van der Waals surface area contributed by atoms with Crippen LogP contribution in [0.1, 0.15) is 5.56 Å². The summed E-state index contributed by atoms with van der Waals surface area (Å²) in [5.74, 6) is 0.454. The highest BCUT2D eigenvalue weighted by molar-refractivity contribution is 6.28. The van der Waals surface area contributed by atoms with Crippen molar-refractivity contribution in [3.8, 4) is 6.01 Å². The Bertz CT molecular complexity index is 543. The Balaban J connectivity index is 2.17. The van der Waals surface area contributed by atoms with Gasteiger partial charge >= 0.3 is 6.01 Å². The normalized spacial score (nSPS) is 10.4. The van der Waals surface area contributed by atoms with Gasteiger partial charge in [0.2, 0.25) is 11.2 Å². The first-order chi connectivity index (χ1) is 8.58. The first-order valence-corrected chi connectivity index (χ1v) is 5.60. The number of halogens is 1. The lowest BCUT2D eigenvalue weighted by Crippen LogP contribution is -2.19. The zero-order valence-corrected chi connectivity index (χ0v) is 11.1. The maximum Gasteiger partial charge on any atom is 0.322 e. The van der Waals surface area contributed by atoms with Crippen molar-refractivity contribution in [2.45, 2.75) is 6.54 Å². The number of aryl methyl sites for hydroxylation is 1. The van der Waals surface area contributed by atoms with Gasteiger partial charge in [-0.25, -0.2) is 0 Å². The SMILES string of the molecule is COc1nc(Cl)nc(N(C)Cc2cnn(C)c2)n1. The van der Waals surface area contributed by atoms with Gasteiger partial charge < -0.3 is 9.64 Å². The predicted molar refractivity (Wildman–Crippen MR) is 66.7 cm³/mol. The van der Waals surface area contributed by atoms with Gasteiger partial charge in [-0.15, -0.1) is 0 Å². The van der Waals surface area contributed by atoms with Crippen LogP contribution in [0.2, 0.25) is 5.28 Å². The first kappa shape index (κ1) is 12.6. The van der Waals surface area contributed by atoms with Crippen LogP contribution in [-0.4, -0.2) is 38.9 Å². The van der Waals surface area contributed by atoms with Gasteiger partial charge in [-0.3, -0.25) is 4.68 Å². The van der Waals surface area contributed by atoms with Gasteiger partial charge in [0.25, 0.3) is 0 Å². The van der Waals surface area contributed by atoms with Crippen molar-refractivity contribution in [3.05, 3.63) is 23.2 Å². The Morgan fingerprint density at radius 2 is 2.17 bits per heavy atom. The van der Waals surface area contributed by atoms with Crippen molar-refractivity contribution in [2.24, 2.45) is 7.05 Å². The summed E-state index contributed by atoms with van der Waals surface area (Å²) in [5.41, 5.74) is 1.05. The first-order valence-electron chi connectivity index (χ1n) is 5.22. The summed E-state index contributed by atoms with van der Waals surface area (Å²) in [6.07, 6.45) is 3.72. The summed E-state index contributed by atoms with van der Waals surface area (Å²) in [7, 11) is 5.21. The number of nitrogens with zero attached hydrogens (tertiary/aromatic N) is 6. The molecule has 0 aliphatic carbocycles. The molecule has 0 aliphatic heterocycles. The van der Waals surface area contributed by atoms with Crippen molar-refractivity contribution in [3.63, 3.8) is 0 Å². The number of ether oxygens (including phenoxy) is 1. The van der Waals surface area contributed by atoms with E-state index in [4.69, 9.17) is 16.3 Å². The number of rotatable bonds is 4. The minimum Gasteiger partial charge on any atom is -0.467 e. The molecule has 0 atom stereocenters. The third-order valence-electron chi connectivity index (χ3n) is 2.28. The molecule has 0 saturated heterocycles. The van der Waals surface area contributed by atoms with Gasteiger partial charge in [0.15, 0.2) is 0 Å². The number of hydrogen-bond donors (Lipinski definition) is 0. The van der Waals surface area contributed by atoms with E-state index in [-0.39, 0.29) is 11.3 Å². The summed E-state index contributed by atoms with van der Waals surface area (Å²) in [6, 6.07) is 0.197. The minimum atomic E-state index is 0.106. The van der Waals surface area contributed by atoms with Crippen LogP contribution < -0.4 is 9.64 Å². The van der Waals surface area contributed by atoms with Crippen molar-refractivity contribution in [1.82, 2.24) is 24.7 Å². The van der Waals surface area contributed by atoms with E-state index in [1.807, 2.05) is 25.2 Å². The number of methoxy groups -OCH3 is 1. The Morgan fingerprint density at radius 3 is 2.78 bits per heavy atom. The lowest BCUT2D eigenvalue weighted by atomic mass is 10.3. The van der Waals surface area contributed by atoms with E-state index in [1.54, 1.807) is 10.9 Å². The molecular weight excluding hydrogens is 256 g/mol. The van der Waals surface area contributed by atoms with E-state index < -0.39 is 0 Å².